The minimum Gasteiger partial charge on any atom is -0.315 e. The first-order chi connectivity index (χ1) is 7.98. The van der Waals surface area contributed by atoms with Crippen LogP contribution in [0.5, 0.6) is 0 Å². The first kappa shape index (κ1) is 12.1. The van der Waals surface area contributed by atoms with E-state index in [9.17, 15) is 17.6 Å². The lowest BCUT2D eigenvalue weighted by atomic mass is 9.99. The van der Waals surface area contributed by atoms with Gasteiger partial charge in [0.05, 0.1) is 5.56 Å². The second-order valence-corrected chi connectivity index (χ2v) is 3.98. The normalized spacial score (nSPS) is 17.4. The van der Waals surface area contributed by atoms with Crippen LogP contribution < -0.4 is 5.32 Å². The summed E-state index contributed by atoms with van der Waals surface area (Å²) >= 11 is 0. The number of nitrogens with one attached hydrogen (secondary N) is 1. The lowest BCUT2D eigenvalue weighted by molar-refractivity contribution is -0.137. The molecule has 0 spiro atoms. The highest BCUT2D eigenvalue weighted by atomic mass is 19.4. The molecule has 0 saturated carbocycles. The number of benzene rings is 1. The second kappa shape index (κ2) is 4.49. The van der Waals surface area contributed by atoms with Crippen LogP contribution >= 0.6 is 0 Å². The molecule has 1 aliphatic heterocycles. The number of halogens is 4. The Morgan fingerprint density at radius 2 is 1.94 bits per heavy atom. The number of rotatable bonds is 2. The van der Waals surface area contributed by atoms with Crippen LogP contribution in [0, 0.1) is 11.7 Å². The zero-order chi connectivity index (χ0) is 12.5. The van der Waals surface area contributed by atoms with Crippen molar-refractivity contribution in [1.29, 1.82) is 0 Å². The summed E-state index contributed by atoms with van der Waals surface area (Å²) in [6, 6.07) is 3.00. The topological polar surface area (TPSA) is 12.0 Å². The fourth-order valence-electron chi connectivity index (χ4n) is 1.63. The van der Waals surface area contributed by atoms with Crippen molar-refractivity contribution >= 4 is 6.08 Å². The molecule has 1 aromatic carbocycles. The Hall–Kier alpha value is -1.36. The van der Waals surface area contributed by atoms with E-state index in [0.29, 0.717) is 0 Å². The first-order valence-electron chi connectivity index (χ1n) is 5.23. The summed E-state index contributed by atoms with van der Waals surface area (Å²) in [6.45, 7) is 1.46. The van der Waals surface area contributed by atoms with Crippen molar-refractivity contribution in [3.8, 4) is 0 Å². The predicted molar refractivity (Wildman–Crippen MR) is 56.8 cm³/mol. The maximum absolute atomic E-state index is 13.4. The Kier molecular flexibility index (Phi) is 3.19. The highest BCUT2D eigenvalue weighted by Gasteiger charge is 2.33. The third kappa shape index (κ3) is 2.66. The summed E-state index contributed by atoms with van der Waals surface area (Å²) < 4.78 is 51.3. The summed E-state index contributed by atoms with van der Waals surface area (Å²) in [5.41, 5.74) is -1.31. The average Bonchev–Trinajstić information content (AvgIpc) is 2.16. The molecule has 1 N–H and O–H groups in total. The van der Waals surface area contributed by atoms with Gasteiger partial charge in [0.15, 0.2) is 0 Å². The maximum Gasteiger partial charge on any atom is 0.417 e. The van der Waals surface area contributed by atoms with E-state index < -0.39 is 17.6 Å². The molecule has 5 heteroatoms. The predicted octanol–water partition coefficient (Wildman–Crippen LogP) is 3.08. The van der Waals surface area contributed by atoms with Crippen molar-refractivity contribution in [2.75, 3.05) is 13.1 Å². The molecule has 0 aliphatic carbocycles. The van der Waals surface area contributed by atoms with Gasteiger partial charge in [-0.15, -0.1) is 0 Å². The zero-order valence-corrected chi connectivity index (χ0v) is 8.89. The number of hydrogen-bond donors (Lipinski definition) is 1. The molecule has 1 aliphatic rings. The Morgan fingerprint density at radius 1 is 1.24 bits per heavy atom. The van der Waals surface area contributed by atoms with Crippen LogP contribution in [-0.2, 0) is 6.18 Å². The van der Waals surface area contributed by atoms with Gasteiger partial charge in [0.2, 0.25) is 0 Å². The molecule has 0 atom stereocenters. The Labute approximate surface area is 96.1 Å². The van der Waals surface area contributed by atoms with Gasteiger partial charge in [-0.3, -0.25) is 0 Å². The average molecular weight is 245 g/mol. The Morgan fingerprint density at radius 3 is 2.47 bits per heavy atom. The van der Waals surface area contributed by atoms with Gasteiger partial charge in [-0.05, 0) is 12.1 Å². The molecule has 1 heterocycles. The van der Waals surface area contributed by atoms with Gasteiger partial charge in [0.25, 0.3) is 0 Å². The highest BCUT2D eigenvalue weighted by Crippen LogP contribution is 2.33. The third-order valence-corrected chi connectivity index (χ3v) is 2.71. The smallest absolute Gasteiger partial charge is 0.315 e. The molecule has 92 valence electrons. The molecule has 1 nitrogen and oxygen atoms in total. The monoisotopic (exact) mass is 245 g/mol. The van der Waals surface area contributed by atoms with E-state index >= 15 is 0 Å². The molecule has 17 heavy (non-hydrogen) atoms. The summed E-state index contributed by atoms with van der Waals surface area (Å²) in [5.74, 6) is -0.654. The summed E-state index contributed by atoms with van der Waals surface area (Å²) in [4.78, 5) is 0. The largest absolute Gasteiger partial charge is 0.417 e. The molecule has 0 radical (unpaired) electrons. The van der Waals surface area contributed by atoms with Crippen molar-refractivity contribution in [2.45, 2.75) is 6.18 Å². The Balaban J connectivity index is 2.33. The molecule has 0 aromatic heterocycles. The van der Waals surface area contributed by atoms with Crippen LogP contribution in [0.3, 0.4) is 0 Å². The third-order valence-electron chi connectivity index (χ3n) is 2.71. The summed E-state index contributed by atoms with van der Waals surface area (Å²) in [7, 11) is 0. The van der Waals surface area contributed by atoms with E-state index in [1.165, 1.54) is 6.08 Å². The first-order valence-corrected chi connectivity index (χ1v) is 5.23. The van der Waals surface area contributed by atoms with Crippen LogP contribution in [-0.4, -0.2) is 13.1 Å². The van der Waals surface area contributed by atoms with Gasteiger partial charge in [-0.2, -0.15) is 13.2 Å². The fourth-order valence-corrected chi connectivity index (χ4v) is 1.63. The van der Waals surface area contributed by atoms with E-state index in [-0.39, 0.29) is 11.5 Å². The van der Waals surface area contributed by atoms with Crippen LogP contribution in [0.4, 0.5) is 17.6 Å². The van der Waals surface area contributed by atoms with Gasteiger partial charge in [0, 0.05) is 24.6 Å². The SMILES string of the molecule is Fc1cccc(C(F)(F)F)c1C=CC1CNC1. The molecule has 0 bridgehead atoms. The molecular formula is C12H11F4N. The number of alkyl halides is 3. The summed E-state index contributed by atoms with van der Waals surface area (Å²) in [6.07, 6.45) is -1.69. The standard InChI is InChI=1S/C12H11F4N/c13-11-3-1-2-10(12(14,15)16)9(11)5-4-8-6-17-7-8/h1-5,8,17H,6-7H2. The fraction of sp³-hybridized carbons (Fsp3) is 0.333. The molecule has 2 rings (SSSR count). The molecule has 0 unspecified atom stereocenters. The van der Waals surface area contributed by atoms with Crippen molar-refractivity contribution in [1.82, 2.24) is 5.32 Å². The maximum atomic E-state index is 13.4. The Bertz CT molecular complexity index is 433. The van der Waals surface area contributed by atoms with Gasteiger partial charge < -0.3 is 5.32 Å². The highest BCUT2D eigenvalue weighted by molar-refractivity contribution is 5.56. The van der Waals surface area contributed by atoms with E-state index in [1.54, 1.807) is 6.08 Å². The van der Waals surface area contributed by atoms with Crippen molar-refractivity contribution in [3.05, 3.63) is 41.2 Å². The van der Waals surface area contributed by atoms with Crippen LogP contribution in [0.2, 0.25) is 0 Å². The molecular weight excluding hydrogens is 234 g/mol. The van der Waals surface area contributed by atoms with Crippen LogP contribution in [0.15, 0.2) is 24.3 Å². The molecule has 1 fully saturated rings. The number of hydrogen-bond acceptors (Lipinski definition) is 1. The molecule has 0 amide bonds. The molecule has 1 aromatic rings. The van der Waals surface area contributed by atoms with Crippen molar-refractivity contribution in [3.63, 3.8) is 0 Å². The van der Waals surface area contributed by atoms with Crippen LogP contribution in [0.25, 0.3) is 6.08 Å². The van der Waals surface area contributed by atoms with E-state index in [1.807, 2.05) is 0 Å². The van der Waals surface area contributed by atoms with Crippen molar-refractivity contribution in [2.24, 2.45) is 5.92 Å². The van der Waals surface area contributed by atoms with E-state index in [4.69, 9.17) is 0 Å². The van der Waals surface area contributed by atoms with Gasteiger partial charge in [-0.25, -0.2) is 4.39 Å². The van der Waals surface area contributed by atoms with E-state index in [2.05, 4.69) is 5.32 Å². The minimum absolute atomic E-state index is 0.190. The van der Waals surface area contributed by atoms with Crippen LogP contribution in [0.1, 0.15) is 11.1 Å². The zero-order valence-electron chi connectivity index (χ0n) is 8.89. The van der Waals surface area contributed by atoms with Gasteiger partial charge >= 0.3 is 6.18 Å². The van der Waals surface area contributed by atoms with Gasteiger partial charge in [0.1, 0.15) is 5.82 Å². The summed E-state index contributed by atoms with van der Waals surface area (Å²) in [5, 5.41) is 2.99. The lowest BCUT2D eigenvalue weighted by Crippen LogP contribution is -2.40. The van der Waals surface area contributed by atoms with Gasteiger partial charge in [-0.1, -0.05) is 18.2 Å². The quantitative estimate of drug-likeness (QED) is 0.789. The minimum atomic E-state index is -4.53. The molecule has 1 saturated heterocycles. The van der Waals surface area contributed by atoms with E-state index in [0.717, 1.165) is 31.3 Å². The lowest BCUT2D eigenvalue weighted by Gasteiger charge is -2.23. The van der Waals surface area contributed by atoms with Crippen molar-refractivity contribution < 1.29 is 17.6 Å². The second-order valence-electron chi connectivity index (χ2n) is 3.98.